The fourth-order valence-electron chi connectivity index (χ4n) is 6.16. The smallest absolute Gasteiger partial charge is 0.355 e. The van der Waals surface area contributed by atoms with E-state index >= 15 is 0 Å². The monoisotopic (exact) mass is 2460 g/mol. The Balaban J connectivity index is 0.000000395. The number of aromatic nitrogens is 2. The number of nitrogens with zero attached hydrogens (tertiary/aromatic N) is 1. The second kappa shape index (κ2) is 74.8. The number of carbonyl (C=O) groups is 2. The van der Waals surface area contributed by atoms with Gasteiger partial charge in [0.15, 0.2) is 0 Å². The minimum atomic E-state index is -0.929. The molecule has 0 spiro atoms. The Hall–Kier alpha value is 6.99. The van der Waals surface area contributed by atoms with E-state index in [0.29, 0.717) is 29.6 Å². The minimum Gasteiger partial charge on any atom is -0.477 e. The van der Waals surface area contributed by atoms with Crippen LogP contribution in [0.25, 0.3) is 21.8 Å². The van der Waals surface area contributed by atoms with Crippen LogP contribution < -0.4 is 0 Å². The summed E-state index contributed by atoms with van der Waals surface area (Å²) in [4.78, 5) is 31.5. The van der Waals surface area contributed by atoms with Crippen LogP contribution in [0.2, 0.25) is 5.02 Å². The van der Waals surface area contributed by atoms with Crippen LogP contribution in [0, 0.1) is 13.8 Å². The molecule has 0 bridgehead atoms. The first-order chi connectivity index (χ1) is 51.0. The fourth-order valence-corrected chi connectivity index (χ4v) is 135. The van der Waals surface area contributed by atoms with Gasteiger partial charge in [-0.05, 0) is 87.0 Å². The minimum absolute atomic E-state index is 0. The lowest BCUT2D eigenvalue weighted by Gasteiger charge is -2.09. The lowest BCUT2D eigenvalue weighted by molar-refractivity contribution is 0.0516. The molecule has 7 rings (SSSR count). The number of aromatic amines is 1. The highest BCUT2D eigenvalue weighted by molar-refractivity contribution is 8.82. The highest BCUT2D eigenvalue weighted by Crippen LogP contribution is 2.40. The highest BCUT2D eigenvalue weighted by atomic mass is 35.5. The SMILES string of the molecule is C.CCOC(=O)c1[nH]c2ccc(C)cc2c1Sc1ccccc1.Cc1ccc2c(c1)c(Sc1ccccc1)c(C(=O)O)n2Cc1ccc(Cl)cc1.S=S=S=S=S=S=S=S=S=S=S.S=S=S=S=S=S=S=S=S=S=S=S=S=S=S=S=S=S=S=S=S=S=S=S=S=S=S=S=S=S=S=S=S=S=S=S=S=S=S=S=S=S=S. The molecule has 2 heterocycles. The van der Waals surface area contributed by atoms with Crippen molar-refractivity contribution in [2.24, 2.45) is 0 Å². The molecule has 0 fully saturated rings. The van der Waals surface area contributed by atoms with Crippen molar-refractivity contribution >= 4 is 558 Å². The lowest BCUT2D eigenvalue weighted by Crippen LogP contribution is -2.10. The van der Waals surface area contributed by atoms with Crippen LogP contribution >= 0.6 is 35.1 Å². The summed E-state index contributed by atoms with van der Waals surface area (Å²) < 4.78 is 7.06. The predicted octanol–water partition coefficient (Wildman–Crippen LogP) is 11.8. The zero-order valence-corrected chi connectivity index (χ0v) is 96.3. The zero-order valence-electron chi connectivity index (χ0n) is 49.8. The van der Waals surface area contributed by atoms with E-state index in [4.69, 9.17) is 38.7 Å². The molecule has 0 saturated heterocycles. The molecule has 0 atom stereocenters. The molecule has 63 heteroatoms. The van der Waals surface area contributed by atoms with Crippen LogP contribution in [0.5, 0.6) is 0 Å². The number of aryl methyl sites for hydroxylation is 2. The molecular weight excluding hydrogens is 2430 g/mol. The third-order valence-electron chi connectivity index (χ3n) is 9.27. The van der Waals surface area contributed by atoms with E-state index in [0.717, 1.165) is 58.1 Å². The maximum atomic E-state index is 12.3. The van der Waals surface area contributed by atoms with Gasteiger partial charge in [-0.2, -0.15) is 0 Å². The van der Waals surface area contributed by atoms with Gasteiger partial charge >= 0.3 is 11.9 Å². The summed E-state index contributed by atoms with van der Waals surface area (Å²) in [6.45, 7) is 6.71. The van der Waals surface area contributed by atoms with Crippen LogP contribution in [0.3, 0.4) is 0 Å². The molecule has 0 aliphatic rings. The van der Waals surface area contributed by atoms with Crippen molar-refractivity contribution in [2.45, 2.75) is 54.3 Å². The van der Waals surface area contributed by atoms with E-state index in [1.165, 1.54) is 47.3 Å². The van der Waals surface area contributed by atoms with Gasteiger partial charge in [0, 0.05) is 526 Å². The molecule has 2 aromatic heterocycles. The third-order valence-corrected chi connectivity index (χ3v) is 118. The molecule has 0 aliphatic heterocycles. The Morgan fingerprint density at radius 1 is 0.410 bits per heavy atom. The Kier molecular flexibility index (Phi) is 75.6. The number of fused-ring (bicyclic) bond motifs is 2. The largest absolute Gasteiger partial charge is 0.477 e. The van der Waals surface area contributed by atoms with Crippen LogP contribution in [-0.4, -0.2) is 33.2 Å². The quantitative estimate of drug-likeness (QED) is 0.136. The molecule has 6 nitrogen and oxygen atoms in total. The Bertz CT molecular complexity index is 6550. The number of hydrogen-bond acceptors (Lipinski definition) is 9. The van der Waals surface area contributed by atoms with Crippen molar-refractivity contribution in [1.82, 2.24) is 9.55 Å². The number of carboxylic acid groups (broad SMARTS) is 1. The highest BCUT2D eigenvalue weighted by Gasteiger charge is 2.24. The standard InChI is InChI=1S/C23H18ClNO2S.C18H17NO2S.CH4.S43.S11/c1-15-7-12-20-19(13-15)22(28-18-5-3-2-4-6-18)21(23(26)27)25(20)14-16-8-10-17(24)11-9-16;1-3-21-18(20)16-17(22-13-7-5-4-6-8-13)14-11-12(2)9-10-15(14)19-16;;1-3-5-7-9-11-13-15-17-19-21-23-25-27-29-31-33-35-37-39-41-43-42-40-38-36-34-32-30-28-26-24-22-20-18-16-14-12-10-8-6-4-2;1-3-5-7-9-11-10-8-6-4-2/h2-13H,14H2,1H3,(H,26,27);4-11,19H,3H2,1-2H3;1H4;;. The van der Waals surface area contributed by atoms with Crippen LogP contribution in [0.15, 0.2) is 141 Å². The molecule has 0 amide bonds. The topological polar surface area (TPSA) is 84.3 Å². The van der Waals surface area contributed by atoms with E-state index in [2.05, 4.69) is 39.5 Å². The molecule has 0 radical (unpaired) electrons. The number of hydrogen-bond donors (Lipinski definition) is 2. The van der Waals surface area contributed by atoms with Gasteiger partial charge in [0.25, 0.3) is 0 Å². The van der Waals surface area contributed by atoms with Gasteiger partial charge in [-0.15, -0.1) is 0 Å². The van der Waals surface area contributed by atoms with Gasteiger partial charge in [0.1, 0.15) is 11.4 Å². The van der Waals surface area contributed by atoms with Crippen LogP contribution in [0.1, 0.15) is 52.0 Å². The zero-order chi connectivity index (χ0) is 74.6. The molecule has 5 aromatic carbocycles. The number of nitrogens with one attached hydrogen (secondary N) is 1. The number of carbonyl (C=O) groups excluding carboxylic acids is 1. The number of benzene rings is 5. The van der Waals surface area contributed by atoms with Crippen molar-refractivity contribution in [3.05, 3.63) is 154 Å². The second-order valence-corrected chi connectivity index (χ2v) is 106. The summed E-state index contributed by atoms with van der Waals surface area (Å²) in [6.07, 6.45) is 0. The molecular formula is C42H39ClN2O4S56. The molecule has 7 aromatic rings. The van der Waals surface area contributed by atoms with Gasteiger partial charge in [-0.25, -0.2) is 9.59 Å². The van der Waals surface area contributed by atoms with Gasteiger partial charge in [-0.1, -0.05) is 114 Å². The molecule has 0 unspecified atom stereocenters. The summed E-state index contributed by atoms with van der Waals surface area (Å²) in [7, 11) is 87.4. The van der Waals surface area contributed by atoms with Gasteiger partial charge in [0.2, 0.25) is 0 Å². The second-order valence-electron chi connectivity index (χ2n) is 15.0. The maximum Gasteiger partial charge on any atom is 0.355 e. The lowest BCUT2D eigenvalue weighted by atomic mass is 10.2. The molecule has 584 valence electrons. The molecule has 105 heavy (non-hydrogen) atoms. The summed E-state index contributed by atoms with van der Waals surface area (Å²) in [5.74, 6) is -1.24. The van der Waals surface area contributed by atoms with E-state index in [1.54, 1.807) is 180 Å². The first-order valence-electron chi connectivity index (χ1n) is 24.7. The van der Waals surface area contributed by atoms with Crippen LogP contribution in [-0.2, 0) is 500 Å². The number of H-pyrrole nitrogens is 1. The molecule has 0 saturated carbocycles. The summed E-state index contributed by atoms with van der Waals surface area (Å²) in [5, 5.41) is 12.7. The summed E-state index contributed by atoms with van der Waals surface area (Å²) in [6, 6.07) is 39.6. The number of halogens is 1. The Morgan fingerprint density at radius 2 is 0.714 bits per heavy atom. The Labute approximate surface area is 784 Å². The van der Waals surface area contributed by atoms with Gasteiger partial charge in [0.05, 0.1) is 21.9 Å². The number of aromatic carboxylic acids is 1. The Morgan fingerprint density at radius 3 is 1.03 bits per heavy atom. The summed E-state index contributed by atoms with van der Waals surface area (Å²) in [5.41, 5.74) is 5.96. The van der Waals surface area contributed by atoms with Gasteiger partial charge < -0.3 is 19.4 Å². The number of carboxylic acids is 1. The molecule has 0 aliphatic carbocycles. The number of ether oxygens (including phenoxy) is 1. The summed E-state index contributed by atoms with van der Waals surface area (Å²) >= 11 is 28.0. The normalized spacial score (nSPS) is 9.10. The fraction of sp³-hybridized carbons (Fsp3) is 0.143. The average Bonchev–Trinajstić information content (AvgIpc) is 1.61. The van der Waals surface area contributed by atoms with Gasteiger partial charge in [-0.3, -0.25) is 0 Å². The van der Waals surface area contributed by atoms with E-state index in [-0.39, 0.29) is 13.4 Å². The van der Waals surface area contributed by atoms with Crippen molar-refractivity contribution in [3.8, 4) is 0 Å². The van der Waals surface area contributed by atoms with E-state index < -0.39 is 5.97 Å². The number of rotatable bonds is 9. The van der Waals surface area contributed by atoms with Crippen molar-refractivity contribution in [2.75, 3.05) is 6.61 Å². The van der Waals surface area contributed by atoms with E-state index in [9.17, 15) is 14.7 Å². The first kappa shape index (κ1) is 106. The average molecular weight is 2470 g/mol. The third kappa shape index (κ3) is 52.8. The maximum absolute atomic E-state index is 12.3. The van der Waals surface area contributed by atoms with Crippen molar-refractivity contribution in [3.63, 3.8) is 0 Å². The van der Waals surface area contributed by atoms with Crippen LogP contribution in [0.4, 0.5) is 0 Å². The van der Waals surface area contributed by atoms with Crippen molar-refractivity contribution < 1.29 is 19.4 Å². The van der Waals surface area contributed by atoms with Crippen molar-refractivity contribution in [1.29, 1.82) is 0 Å². The van der Waals surface area contributed by atoms with E-state index in [1.807, 2.05) is 374 Å². The number of esters is 1. The first-order valence-corrected chi connectivity index (χ1v) is 96.1. The molecule has 2 N–H and O–H groups in total. The predicted molar refractivity (Wildman–Crippen MR) is 609 cm³/mol.